The molecule has 0 amide bonds. The monoisotopic (exact) mass is 705 g/mol. The fourth-order valence-electron chi connectivity index (χ4n) is 9.47. The van der Waals surface area contributed by atoms with E-state index in [1.807, 2.05) is 0 Å². The van der Waals surface area contributed by atoms with Crippen LogP contribution in [0.2, 0.25) is 0 Å². The highest BCUT2D eigenvalue weighted by Crippen LogP contribution is 2.55. The van der Waals surface area contributed by atoms with Gasteiger partial charge in [-0.2, -0.15) is 0 Å². The molecule has 10 rings (SSSR count). The van der Waals surface area contributed by atoms with Gasteiger partial charge in [-0.15, -0.1) is 0 Å². The van der Waals surface area contributed by atoms with E-state index in [1.165, 1.54) is 83.6 Å². The molecule has 1 heteroatoms. The summed E-state index contributed by atoms with van der Waals surface area (Å²) >= 11 is 0. The Morgan fingerprint density at radius 2 is 0.800 bits per heavy atom. The minimum atomic E-state index is -0.186. The summed E-state index contributed by atoms with van der Waals surface area (Å²) in [5.41, 5.74) is 21.3. The number of hydrogen-bond donors (Lipinski definition) is 0. The van der Waals surface area contributed by atoms with E-state index in [-0.39, 0.29) is 10.8 Å². The van der Waals surface area contributed by atoms with E-state index >= 15 is 0 Å². The Labute approximate surface area is 325 Å². The minimum absolute atomic E-state index is 0.00884. The lowest BCUT2D eigenvalue weighted by Crippen LogP contribution is -2.20. The molecule has 0 aromatic heterocycles. The van der Waals surface area contributed by atoms with Gasteiger partial charge in [0.2, 0.25) is 0 Å². The number of hydrogen-bond acceptors (Lipinski definition) is 1. The zero-order valence-electron chi connectivity index (χ0n) is 31.8. The van der Waals surface area contributed by atoms with Crippen molar-refractivity contribution in [3.63, 3.8) is 0 Å². The molecule has 0 radical (unpaired) electrons. The fourth-order valence-corrected chi connectivity index (χ4v) is 9.47. The normalized spacial score (nSPS) is 14.1. The standard InChI is InChI=1S/C54H43N/c1-53(2)48-23-13-12-21-45(48)47-35-39(28-31-50(47)53)38-26-29-42(30-27-38)55(51-25-15-22-46-44-20-11-14-24-49(44)54(3,4)52(46)51)43-33-40(36-16-7-5-8-17-36)32-41(34-43)37-18-9-6-10-19-37/h5-35H,1-4H3. The highest BCUT2D eigenvalue weighted by atomic mass is 15.1. The Bertz CT molecular complexity index is 2680. The Hall–Kier alpha value is -6.44. The third-order valence-corrected chi connectivity index (χ3v) is 12.2. The number of nitrogens with zero attached hydrogens (tertiary/aromatic N) is 1. The van der Waals surface area contributed by atoms with Crippen molar-refractivity contribution in [1.82, 2.24) is 0 Å². The molecular formula is C54H43N. The Morgan fingerprint density at radius 1 is 0.309 bits per heavy atom. The summed E-state index contributed by atoms with van der Waals surface area (Å²) in [6.07, 6.45) is 0. The summed E-state index contributed by atoms with van der Waals surface area (Å²) in [6.45, 7) is 9.45. The molecule has 0 fully saturated rings. The molecule has 0 bridgehead atoms. The van der Waals surface area contributed by atoms with Crippen molar-refractivity contribution in [1.29, 1.82) is 0 Å². The molecule has 1 nitrogen and oxygen atoms in total. The number of fused-ring (bicyclic) bond motifs is 6. The van der Waals surface area contributed by atoms with Crippen LogP contribution in [0.3, 0.4) is 0 Å². The van der Waals surface area contributed by atoms with Crippen molar-refractivity contribution in [3.05, 3.63) is 210 Å². The van der Waals surface area contributed by atoms with Crippen LogP contribution in [0.5, 0.6) is 0 Å². The van der Waals surface area contributed by atoms with E-state index < -0.39 is 0 Å². The summed E-state index contributed by atoms with van der Waals surface area (Å²) in [6, 6.07) is 69.6. The van der Waals surface area contributed by atoms with Crippen molar-refractivity contribution in [2.75, 3.05) is 4.90 Å². The van der Waals surface area contributed by atoms with E-state index in [0.717, 1.165) is 11.4 Å². The lowest BCUT2D eigenvalue weighted by atomic mass is 9.81. The van der Waals surface area contributed by atoms with Gasteiger partial charge in [-0.3, -0.25) is 0 Å². The van der Waals surface area contributed by atoms with Gasteiger partial charge in [0, 0.05) is 22.2 Å². The average molecular weight is 706 g/mol. The molecule has 0 unspecified atom stereocenters. The van der Waals surface area contributed by atoms with Gasteiger partial charge in [0.25, 0.3) is 0 Å². The van der Waals surface area contributed by atoms with Gasteiger partial charge < -0.3 is 4.90 Å². The Balaban J connectivity index is 1.16. The van der Waals surface area contributed by atoms with Crippen LogP contribution in [0.15, 0.2) is 188 Å². The van der Waals surface area contributed by atoms with Crippen molar-refractivity contribution in [3.8, 4) is 55.6 Å². The van der Waals surface area contributed by atoms with E-state index in [1.54, 1.807) is 0 Å². The zero-order valence-corrected chi connectivity index (χ0v) is 31.8. The van der Waals surface area contributed by atoms with Gasteiger partial charge in [0.15, 0.2) is 0 Å². The molecule has 0 heterocycles. The molecule has 8 aromatic rings. The van der Waals surface area contributed by atoms with Crippen LogP contribution in [0.4, 0.5) is 17.1 Å². The third-order valence-electron chi connectivity index (χ3n) is 12.2. The lowest BCUT2D eigenvalue weighted by Gasteiger charge is -2.33. The average Bonchev–Trinajstić information content (AvgIpc) is 3.61. The molecule has 0 atom stereocenters. The van der Waals surface area contributed by atoms with Crippen LogP contribution in [-0.4, -0.2) is 0 Å². The zero-order chi connectivity index (χ0) is 37.3. The predicted molar refractivity (Wildman–Crippen MR) is 233 cm³/mol. The van der Waals surface area contributed by atoms with Crippen LogP contribution in [0, 0.1) is 0 Å². The first-order valence-corrected chi connectivity index (χ1v) is 19.4. The molecule has 0 N–H and O–H groups in total. The molecule has 0 aliphatic heterocycles. The Kier molecular flexibility index (Phi) is 7.58. The number of rotatable bonds is 6. The van der Waals surface area contributed by atoms with Crippen LogP contribution in [0.25, 0.3) is 55.6 Å². The Morgan fingerprint density at radius 3 is 1.44 bits per heavy atom. The van der Waals surface area contributed by atoms with Gasteiger partial charge in [0.05, 0.1) is 5.69 Å². The highest BCUT2D eigenvalue weighted by molar-refractivity contribution is 5.93. The second-order valence-electron chi connectivity index (χ2n) is 16.2. The summed E-state index contributed by atoms with van der Waals surface area (Å²) in [5, 5.41) is 0. The van der Waals surface area contributed by atoms with E-state index in [4.69, 9.17) is 0 Å². The second-order valence-corrected chi connectivity index (χ2v) is 16.2. The summed E-state index contributed by atoms with van der Waals surface area (Å²) in [5.74, 6) is 0. The highest BCUT2D eigenvalue weighted by Gasteiger charge is 2.39. The van der Waals surface area contributed by atoms with Crippen molar-refractivity contribution in [2.24, 2.45) is 0 Å². The molecule has 0 saturated heterocycles. The third kappa shape index (κ3) is 5.29. The van der Waals surface area contributed by atoms with Crippen molar-refractivity contribution >= 4 is 17.1 Å². The lowest BCUT2D eigenvalue weighted by molar-refractivity contribution is 0.660. The molecule has 2 aliphatic carbocycles. The predicted octanol–water partition coefficient (Wildman–Crippen LogP) is 14.8. The molecule has 2 aliphatic rings. The number of benzene rings is 8. The van der Waals surface area contributed by atoms with Gasteiger partial charge in [0.1, 0.15) is 0 Å². The van der Waals surface area contributed by atoms with Gasteiger partial charge in [-0.1, -0.05) is 173 Å². The maximum Gasteiger partial charge on any atom is 0.0508 e. The van der Waals surface area contributed by atoms with E-state index in [2.05, 4.69) is 221 Å². The molecule has 264 valence electrons. The summed E-state index contributed by atoms with van der Waals surface area (Å²) < 4.78 is 0. The maximum atomic E-state index is 2.50. The molecule has 55 heavy (non-hydrogen) atoms. The smallest absolute Gasteiger partial charge is 0.0508 e. The van der Waals surface area contributed by atoms with Gasteiger partial charge in [-0.05, 0) is 120 Å². The van der Waals surface area contributed by atoms with Crippen molar-refractivity contribution < 1.29 is 0 Å². The topological polar surface area (TPSA) is 3.24 Å². The first-order chi connectivity index (χ1) is 26.8. The minimum Gasteiger partial charge on any atom is -0.310 e. The first-order valence-electron chi connectivity index (χ1n) is 19.4. The van der Waals surface area contributed by atoms with E-state index in [9.17, 15) is 0 Å². The largest absolute Gasteiger partial charge is 0.310 e. The van der Waals surface area contributed by atoms with Crippen LogP contribution in [-0.2, 0) is 10.8 Å². The van der Waals surface area contributed by atoms with E-state index in [0.29, 0.717) is 0 Å². The molecular weight excluding hydrogens is 663 g/mol. The van der Waals surface area contributed by atoms with Crippen LogP contribution in [0.1, 0.15) is 49.9 Å². The maximum absolute atomic E-state index is 2.50. The fraction of sp³-hybridized carbons (Fsp3) is 0.111. The quantitative estimate of drug-likeness (QED) is 0.166. The SMILES string of the molecule is CC1(C)c2ccccc2-c2cc(-c3ccc(N(c4cc(-c5ccccc5)cc(-c5ccccc5)c4)c4cccc5c4C(C)(C)c4ccccc4-5)cc3)ccc21. The molecule has 0 saturated carbocycles. The number of anilines is 3. The second kappa shape index (κ2) is 12.6. The molecule has 0 spiro atoms. The van der Waals surface area contributed by atoms with Crippen LogP contribution < -0.4 is 4.90 Å². The summed E-state index contributed by atoms with van der Waals surface area (Å²) in [7, 11) is 0. The van der Waals surface area contributed by atoms with Crippen molar-refractivity contribution in [2.45, 2.75) is 38.5 Å². The summed E-state index contributed by atoms with van der Waals surface area (Å²) in [4.78, 5) is 2.50. The van der Waals surface area contributed by atoms with Gasteiger partial charge >= 0.3 is 0 Å². The van der Waals surface area contributed by atoms with Crippen LogP contribution >= 0.6 is 0 Å². The molecule has 8 aromatic carbocycles. The first kappa shape index (κ1) is 33.2. The van der Waals surface area contributed by atoms with Gasteiger partial charge in [-0.25, -0.2) is 0 Å².